The first kappa shape index (κ1) is 18.9. The third-order valence-electron chi connectivity index (χ3n) is 3.99. The number of amides is 1. The quantitative estimate of drug-likeness (QED) is 0.846. The van der Waals surface area contributed by atoms with Crippen molar-refractivity contribution in [3.8, 4) is 0 Å². The van der Waals surface area contributed by atoms with Crippen LogP contribution in [0, 0.1) is 13.8 Å². The van der Waals surface area contributed by atoms with Crippen LogP contribution in [0.1, 0.15) is 39.7 Å². The van der Waals surface area contributed by atoms with E-state index >= 15 is 0 Å². The number of nitrogens with zero attached hydrogens (tertiary/aromatic N) is 2. The van der Waals surface area contributed by atoms with E-state index in [0.29, 0.717) is 22.8 Å². The van der Waals surface area contributed by atoms with Gasteiger partial charge in [-0.2, -0.15) is 13.2 Å². The molecule has 0 saturated heterocycles. The SMILES string of the molecule is Cc1nc(C(=O)NCc2cccc(C3=NOC(O)(C(F)(F)F)C3)c2)c(C)o1. The first-order chi connectivity index (χ1) is 12.6. The molecule has 0 bridgehead atoms. The second-order valence-electron chi connectivity index (χ2n) is 6.11. The third kappa shape index (κ3) is 3.80. The van der Waals surface area contributed by atoms with E-state index in [9.17, 15) is 23.1 Å². The Morgan fingerprint density at radius 3 is 2.70 bits per heavy atom. The van der Waals surface area contributed by atoms with Gasteiger partial charge in [-0.1, -0.05) is 23.4 Å². The minimum Gasteiger partial charge on any atom is -0.445 e. The average molecular weight is 383 g/mol. The van der Waals surface area contributed by atoms with Gasteiger partial charge in [-0.25, -0.2) is 4.98 Å². The summed E-state index contributed by atoms with van der Waals surface area (Å²) < 4.78 is 43.6. The van der Waals surface area contributed by atoms with Gasteiger partial charge >= 0.3 is 12.0 Å². The number of carbonyl (C=O) groups is 1. The van der Waals surface area contributed by atoms with E-state index < -0.39 is 24.3 Å². The number of rotatable bonds is 4. The van der Waals surface area contributed by atoms with Crippen molar-refractivity contribution in [2.45, 2.75) is 38.8 Å². The molecule has 1 amide bonds. The Bertz CT molecular complexity index is 907. The Kier molecular flexibility index (Phi) is 4.68. The number of aryl methyl sites for hydroxylation is 2. The van der Waals surface area contributed by atoms with Crippen LogP contribution in [0.2, 0.25) is 0 Å². The highest BCUT2D eigenvalue weighted by Crippen LogP contribution is 2.38. The highest BCUT2D eigenvalue weighted by molar-refractivity contribution is 6.01. The van der Waals surface area contributed by atoms with Crippen molar-refractivity contribution >= 4 is 11.6 Å². The summed E-state index contributed by atoms with van der Waals surface area (Å²) in [5, 5.41) is 15.6. The van der Waals surface area contributed by atoms with Crippen LogP contribution in [0.4, 0.5) is 13.2 Å². The minimum absolute atomic E-state index is 0.0361. The molecule has 2 heterocycles. The van der Waals surface area contributed by atoms with Gasteiger partial charge in [0.25, 0.3) is 5.91 Å². The van der Waals surface area contributed by atoms with E-state index in [1.54, 1.807) is 38.1 Å². The molecule has 0 radical (unpaired) electrons. The lowest BCUT2D eigenvalue weighted by Gasteiger charge is -2.22. The van der Waals surface area contributed by atoms with Crippen LogP contribution < -0.4 is 5.32 Å². The van der Waals surface area contributed by atoms with Gasteiger partial charge in [0.1, 0.15) is 5.76 Å². The summed E-state index contributed by atoms with van der Waals surface area (Å²) in [6.07, 6.45) is -5.78. The fourth-order valence-electron chi connectivity index (χ4n) is 2.60. The number of benzene rings is 1. The Morgan fingerprint density at radius 2 is 2.11 bits per heavy atom. The van der Waals surface area contributed by atoms with Gasteiger partial charge in [0, 0.05) is 13.5 Å². The molecule has 1 unspecified atom stereocenters. The van der Waals surface area contributed by atoms with Crippen molar-refractivity contribution in [2.24, 2.45) is 5.16 Å². The minimum atomic E-state index is -4.96. The molecule has 2 N–H and O–H groups in total. The Hall–Kier alpha value is -2.88. The third-order valence-corrected chi connectivity index (χ3v) is 3.99. The van der Waals surface area contributed by atoms with Crippen LogP contribution in [0.15, 0.2) is 33.8 Å². The van der Waals surface area contributed by atoms with Crippen LogP contribution in [-0.2, 0) is 11.4 Å². The number of aliphatic hydroxyl groups is 1. The molecule has 7 nitrogen and oxygen atoms in total. The number of hydrogen-bond donors (Lipinski definition) is 2. The topological polar surface area (TPSA) is 97.0 Å². The summed E-state index contributed by atoms with van der Waals surface area (Å²) in [6, 6.07) is 6.40. The van der Waals surface area contributed by atoms with E-state index in [1.165, 1.54) is 0 Å². The molecule has 2 aromatic rings. The molecule has 1 aromatic carbocycles. The lowest BCUT2D eigenvalue weighted by Crippen LogP contribution is -2.45. The zero-order valence-electron chi connectivity index (χ0n) is 14.4. The van der Waals surface area contributed by atoms with E-state index in [4.69, 9.17) is 4.42 Å². The molecule has 0 saturated carbocycles. The zero-order chi connectivity index (χ0) is 19.8. The largest absolute Gasteiger partial charge is 0.458 e. The molecule has 27 heavy (non-hydrogen) atoms. The van der Waals surface area contributed by atoms with Gasteiger partial charge < -0.3 is 19.7 Å². The molecule has 0 aliphatic carbocycles. The Morgan fingerprint density at radius 1 is 1.37 bits per heavy atom. The summed E-state index contributed by atoms with van der Waals surface area (Å²) in [7, 11) is 0. The van der Waals surface area contributed by atoms with Crippen molar-refractivity contribution in [1.82, 2.24) is 10.3 Å². The number of carbonyl (C=O) groups excluding carboxylic acids is 1. The van der Waals surface area contributed by atoms with Gasteiger partial charge in [-0.15, -0.1) is 0 Å². The number of nitrogens with one attached hydrogen (secondary N) is 1. The smallest absolute Gasteiger partial charge is 0.445 e. The number of alkyl halides is 3. The van der Waals surface area contributed by atoms with Gasteiger partial charge in [-0.3, -0.25) is 4.79 Å². The lowest BCUT2D eigenvalue weighted by atomic mass is 10.0. The molecule has 0 fully saturated rings. The molecule has 1 aromatic heterocycles. The summed E-state index contributed by atoms with van der Waals surface area (Å²) in [5.41, 5.74) is 1.12. The standard InChI is InChI=1S/C17H16F3N3O4/c1-9-14(22-10(2)26-9)15(24)21-8-11-4-3-5-12(6-11)13-7-16(25,27-23-13)17(18,19)20/h3-6,25H,7-8H2,1-2H3,(H,21,24). The first-order valence-electron chi connectivity index (χ1n) is 7.95. The van der Waals surface area contributed by atoms with Gasteiger partial charge in [0.05, 0.1) is 12.1 Å². The van der Waals surface area contributed by atoms with Gasteiger partial charge in [0.2, 0.25) is 0 Å². The molecule has 3 rings (SSSR count). The Balaban J connectivity index is 1.68. The van der Waals surface area contributed by atoms with Gasteiger partial charge in [0.15, 0.2) is 11.6 Å². The molecule has 144 valence electrons. The number of oxazole rings is 1. The molecule has 10 heteroatoms. The van der Waals surface area contributed by atoms with Crippen LogP contribution in [0.5, 0.6) is 0 Å². The van der Waals surface area contributed by atoms with Crippen molar-refractivity contribution in [3.63, 3.8) is 0 Å². The summed E-state index contributed by atoms with van der Waals surface area (Å²) in [5.74, 6) is -2.99. The second-order valence-corrected chi connectivity index (χ2v) is 6.11. The lowest BCUT2D eigenvalue weighted by molar-refractivity contribution is -0.355. The van der Waals surface area contributed by atoms with E-state index in [2.05, 4.69) is 20.3 Å². The van der Waals surface area contributed by atoms with Crippen LogP contribution in [0.3, 0.4) is 0 Å². The molecule has 1 aliphatic heterocycles. The maximum absolute atomic E-state index is 12.8. The maximum Gasteiger partial charge on any atom is 0.458 e. The monoisotopic (exact) mass is 383 g/mol. The Labute approximate surface area is 151 Å². The van der Waals surface area contributed by atoms with E-state index in [-0.39, 0.29) is 18.0 Å². The second kappa shape index (κ2) is 6.69. The zero-order valence-corrected chi connectivity index (χ0v) is 14.4. The summed E-state index contributed by atoms with van der Waals surface area (Å²) in [4.78, 5) is 20.4. The van der Waals surface area contributed by atoms with Crippen LogP contribution in [0.25, 0.3) is 0 Å². The summed E-state index contributed by atoms with van der Waals surface area (Å²) >= 11 is 0. The van der Waals surface area contributed by atoms with E-state index in [0.717, 1.165) is 0 Å². The van der Waals surface area contributed by atoms with Gasteiger partial charge in [-0.05, 0) is 24.1 Å². The normalized spacial score (nSPS) is 19.6. The molecular weight excluding hydrogens is 367 g/mol. The van der Waals surface area contributed by atoms with Crippen molar-refractivity contribution < 1.29 is 32.3 Å². The molecule has 1 aliphatic rings. The van der Waals surface area contributed by atoms with Crippen molar-refractivity contribution in [2.75, 3.05) is 0 Å². The van der Waals surface area contributed by atoms with Crippen molar-refractivity contribution in [3.05, 3.63) is 52.7 Å². The number of oxime groups is 1. The highest BCUT2D eigenvalue weighted by Gasteiger charge is 2.60. The molecular formula is C17H16F3N3O4. The van der Waals surface area contributed by atoms with Crippen LogP contribution in [-0.4, -0.2) is 33.7 Å². The molecule has 0 spiro atoms. The predicted octanol–water partition coefficient (Wildman–Crippen LogP) is 2.60. The molecule has 1 atom stereocenters. The number of hydrogen-bond acceptors (Lipinski definition) is 6. The average Bonchev–Trinajstić information content (AvgIpc) is 3.16. The summed E-state index contributed by atoms with van der Waals surface area (Å²) in [6.45, 7) is 3.37. The first-order valence-corrected chi connectivity index (χ1v) is 7.95. The van der Waals surface area contributed by atoms with Crippen LogP contribution >= 0.6 is 0 Å². The number of aromatic nitrogens is 1. The maximum atomic E-state index is 12.8. The highest BCUT2D eigenvalue weighted by atomic mass is 19.4. The fourth-order valence-corrected chi connectivity index (χ4v) is 2.60. The van der Waals surface area contributed by atoms with E-state index in [1.807, 2.05) is 0 Å². The number of halogens is 3. The predicted molar refractivity (Wildman–Crippen MR) is 86.8 cm³/mol. The fraction of sp³-hybridized carbons (Fsp3) is 0.353. The van der Waals surface area contributed by atoms with Crippen molar-refractivity contribution in [1.29, 1.82) is 0 Å².